The molecule has 4 aromatic rings. The van der Waals surface area contributed by atoms with Gasteiger partial charge in [0.1, 0.15) is 11.5 Å². The zero-order valence-corrected chi connectivity index (χ0v) is 22.4. The Bertz CT molecular complexity index is 1330. The molecule has 0 amide bonds. The van der Waals surface area contributed by atoms with Crippen LogP contribution in [0.25, 0.3) is 33.7 Å². The molecule has 1 aliphatic heterocycles. The van der Waals surface area contributed by atoms with Gasteiger partial charge in [-0.2, -0.15) is 0 Å². The number of benzene rings is 1. The summed E-state index contributed by atoms with van der Waals surface area (Å²) in [5.41, 5.74) is 4.52. The number of hydrogen-bond donors (Lipinski definition) is 2. The molecule has 2 N–H and O–H groups in total. The Morgan fingerprint density at radius 3 is 2.71 bits per heavy atom. The molecule has 0 bridgehead atoms. The Morgan fingerprint density at radius 2 is 1.91 bits per heavy atom. The van der Waals surface area contributed by atoms with Crippen molar-refractivity contribution in [2.75, 3.05) is 31.5 Å². The highest BCUT2D eigenvalue weighted by Crippen LogP contribution is 2.32. The summed E-state index contributed by atoms with van der Waals surface area (Å²) in [4.78, 5) is 19.3. The van der Waals surface area contributed by atoms with Gasteiger partial charge in [0, 0.05) is 71.7 Å². The van der Waals surface area contributed by atoms with Gasteiger partial charge in [-0.05, 0) is 50.2 Å². The first kappa shape index (κ1) is 24.4. The van der Waals surface area contributed by atoms with Crippen LogP contribution in [0.3, 0.4) is 0 Å². The topological polar surface area (TPSA) is 73.0 Å². The summed E-state index contributed by atoms with van der Waals surface area (Å²) in [5, 5.41) is 3.94. The van der Waals surface area contributed by atoms with Gasteiger partial charge in [0.05, 0.1) is 40.6 Å². The fourth-order valence-electron chi connectivity index (χ4n) is 4.57. The molecule has 4 heterocycles. The van der Waals surface area contributed by atoms with Crippen molar-refractivity contribution >= 4 is 51.2 Å². The zero-order valence-electron chi connectivity index (χ0n) is 19.5. The zero-order chi connectivity index (χ0) is 24.5. The quantitative estimate of drug-likeness (QED) is 0.219. The average Bonchev–Trinajstić information content (AvgIpc) is 3.33. The van der Waals surface area contributed by atoms with Crippen LogP contribution in [0.2, 0.25) is 5.02 Å². The first-order valence-electron chi connectivity index (χ1n) is 11.6. The van der Waals surface area contributed by atoms with E-state index in [2.05, 4.69) is 65.0 Å². The molecule has 1 fully saturated rings. The smallest absolute Gasteiger partial charge is 0.132 e. The van der Waals surface area contributed by atoms with Crippen LogP contribution in [0.4, 0.5) is 10.1 Å². The summed E-state index contributed by atoms with van der Waals surface area (Å²) in [6.07, 6.45) is 3.37. The Balaban J connectivity index is 1.33. The Morgan fingerprint density at radius 1 is 1.11 bits per heavy atom. The van der Waals surface area contributed by atoms with Crippen molar-refractivity contribution in [3.8, 4) is 22.6 Å². The van der Waals surface area contributed by atoms with E-state index in [1.807, 2.05) is 24.4 Å². The van der Waals surface area contributed by atoms with Gasteiger partial charge in [-0.1, -0.05) is 11.6 Å². The van der Waals surface area contributed by atoms with Gasteiger partial charge in [0.15, 0.2) is 0 Å². The SMILES string of the molecule is C[C@@H]1CN(CCNc2cnc3ccc(-c4nc[nH]c4-c4cc(Cl)ccc4F)nc3c2)C[C@H](C)N1I. The molecule has 10 heteroatoms. The Hall–Kier alpha value is -2.34. The number of piperazine rings is 1. The van der Waals surface area contributed by atoms with Crippen LogP contribution < -0.4 is 5.32 Å². The van der Waals surface area contributed by atoms with Crippen LogP contribution in [0.15, 0.2) is 48.9 Å². The lowest BCUT2D eigenvalue weighted by Gasteiger charge is -2.41. The van der Waals surface area contributed by atoms with Crippen LogP contribution in [0.1, 0.15) is 13.8 Å². The Kier molecular flexibility index (Phi) is 7.19. The van der Waals surface area contributed by atoms with Crippen LogP contribution in [0, 0.1) is 5.82 Å². The maximum absolute atomic E-state index is 14.5. The molecule has 1 saturated heterocycles. The lowest BCUT2D eigenvalue weighted by molar-refractivity contribution is 0.127. The lowest BCUT2D eigenvalue weighted by Crippen LogP contribution is -2.53. The first-order valence-corrected chi connectivity index (χ1v) is 12.9. The Labute approximate surface area is 222 Å². The van der Waals surface area contributed by atoms with E-state index in [9.17, 15) is 4.39 Å². The molecule has 3 aromatic heterocycles. The third-order valence-corrected chi connectivity index (χ3v) is 8.40. The number of pyridine rings is 2. The van der Waals surface area contributed by atoms with Crippen LogP contribution >= 0.6 is 34.5 Å². The van der Waals surface area contributed by atoms with Crippen molar-refractivity contribution in [2.24, 2.45) is 0 Å². The summed E-state index contributed by atoms with van der Waals surface area (Å²) >= 11 is 8.54. The van der Waals surface area contributed by atoms with E-state index in [0.717, 1.165) is 42.9 Å². The minimum atomic E-state index is -0.377. The van der Waals surface area contributed by atoms with Crippen molar-refractivity contribution < 1.29 is 4.39 Å². The van der Waals surface area contributed by atoms with Crippen molar-refractivity contribution in [1.82, 2.24) is 27.9 Å². The van der Waals surface area contributed by atoms with Gasteiger partial charge in [0.25, 0.3) is 0 Å². The second-order valence-corrected chi connectivity index (χ2v) is 10.5. The van der Waals surface area contributed by atoms with E-state index in [1.165, 1.54) is 18.5 Å². The molecule has 0 unspecified atom stereocenters. The van der Waals surface area contributed by atoms with E-state index in [0.29, 0.717) is 39.8 Å². The van der Waals surface area contributed by atoms with E-state index in [-0.39, 0.29) is 5.82 Å². The van der Waals surface area contributed by atoms with Crippen LogP contribution in [0.5, 0.6) is 0 Å². The number of anilines is 1. The molecular formula is C25H26ClFIN7. The van der Waals surface area contributed by atoms with Gasteiger partial charge in [-0.3, -0.25) is 9.88 Å². The summed E-state index contributed by atoms with van der Waals surface area (Å²) < 4.78 is 16.9. The number of hydrogen-bond acceptors (Lipinski definition) is 6. The van der Waals surface area contributed by atoms with Gasteiger partial charge in [0.2, 0.25) is 0 Å². The van der Waals surface area contributed by atoms with Gasteiger partial charge in [-0.15, -0.1) is 0 Å². The normalized spacial score (nSPS) is 19.3. The summed E-state index contributed by atoms with van der Waals surface area (Å²) in [6, 6.07) is 11.3. The number of fused-ring (bicyclic) bond motifs is 1. The van der Waals surface area contributed by atoms with E-state index >= 15 is 0 Å². The second kappa shape index (κ2) is 10.3. The van der Waals surface area contributed by atoms with Crippen molar-refractivity contribution in [3.05, 3.63) is 59.8 Å². The van der Waals surface area contributed by atoms with Crippen LogP contribution in [-0.4, -0.2) is 66.2 Å². The number of rotatable bonds is 6. The third-order valence-electron chi connectivity index (χ3n) is 6.26. The van der Waals surface area contributed by atoms with Crippen molar-refractivity contribution in [1.29, 1.82) is 0 Å². The monoisotopic (exact) mass is 605 g/mol. The lowest BCUT2D eigenvalue weighted by atomic mass is 10.1. The molecule has 0 aliphatic carbocycles. The minimum Gasteiger partial charge on any atom is -0.382 e. The fourth-order valence-corrected chi connectivity index (χ4v) is 5.10. The number of aromatic nitrogens is 4. The third kappa shape index (κ3) is 5.28. The number of nitrogens with one attached hydrogen (secondary N) is 2. The summed E-state index contributed by atoms with van der Waals surface area (Å²) in [5.74, 6) is -0.377. The maximum atomic E-state index is 14.5. The maximum Gasteiger partial charge on any atom is 0.132 e. The molecule has 1 aromatic carbocycles. The summed E-state index contributed by atoms with van der Waals surface area (Å²) in [6.45, 7) is 8.46. The van der Waals surface area contributed by atoms with Gasteiger partial charge in [-0.25, -0.2) is 17.5 Å². The van der Waals surface area contributed by atoms with Gasteiger partial charge >= 0.3 is 0 Å². The molecule has 35 heavy (non-hydrogen) atoms. The number of H-pyrrole nitrogens is 1. The average molecular weight is 606 g/mol. The largest absolute Gasteiger partial charge is 0.382 e. The first-order chi connectivity index (χ1) is 16.9. The molecule has 0 spiro atoms. The van der Waals surface area contributed by atoms with E-state index in [4.69, 9.17) is 16.6 Å². The number of imidazole rings is 1. The number of halogens is 3. The molecule has 182 valence electrons. The van der Waals surface area contributed by atoms with Crippen molar-refractivity contribution in [2.45, 2.75) is 25.9 Å². The van der Waals surface area contributed by atoms with E-state index < -0.39 is 0 Å². The highest BCUT2D eigenvalue weighted by Gasteiger charge is 2.27. The molecule has 1 aliphatic rings. The van der Waals surface area contributed by atoms with Gasteiger partial charge < -0.3 is 10.3 Å². The highest BCUT2D eigenvalue weighted by molar-refractivity contribution is 14.1. The molecule has 7 nitrogen and oxygen atoms in total. The highest BCUT2D eigenvalue weighted by atomic mass is 127. The minimum absolute atomic E-state index is 0.354. The molecule has 5 rings (SSSR count). The summed E-state index contributed by atoms with van der Waals surface area (Å²) in [7, 11) is 0. The second-order valence-electron chi connectivity index (χ2n) is 8.94. The van der Waals surface area contributed by atoms with E-state index in [1.54, 1.807) is 6.07 Å². The predicted molar refractivity (Wildman–Crippen MR) is 147 cm³/mol. The molecule has 0 radical (unpaired) electrons. The molecule has 0 saturated carbocycles. The number of aromatic amines is 1. The van der Waals surface area contributed by atoms with Crippen molar-refractivity contribution in [3.63, 3.8) is 0 Å². The molecule has 2 atom stereocenters. The fraction of sp³-hybridized carbons (Fsp3) is 0.320. The van der Waals surface area contributed by atoms with Crippen LogP contribution in [-0.2, 0) is 0 Å². The standard InChI is InChI=1S/C25H26ClFIN7/c1-15-12-34(13-16(2)35(15)28)8-7-29-18-10-23-21(30-11-18)5-6-22(33-23)25-24(31-14-32-25)19-9-17(26)3-4-20(19)27/h3-6,9-11,14-16,29H,7-8,12-13H2,1-2H3,(H,31,32)/t15-,16+. The number of nitrogens with zero attached hydrogens (tertiary/aromatic N) is 5. The predicted octanol–water partition coefficient (Wildman–Crippen LogP) is 5.64. The molecular weight excluding hydrogens is 580 g/mol.